The average molecular weight is 602 g/mol. The molecule has 0 fully saturated rings. The molecule has 2 aromatic heterocycles. The molecule has 0 aliphatic heterocycles. The van der Waals surface area contributed by atoms with Gasteiger partial charge < -0.3 is 13.7 Å². The van der Waals surface area contributed by atoms with Crippen molar-refractivity contribution in [2.24, 2.45) is 0 Å². The molecule has 10 aromatic rings. The standard InChI is InChI=1S/C44H27NO2/c1-2-10-33-29(9-1)25-39(35-12-4-3-11-34(33)35)28-17-19-30(20-18-28)45(31-22-24-43-40(26-31)37-14-6-8-16-42(37)46-43)32-21-23-38-36-13-5-7-15-41(36)47-44(38)27-32/h1-27H. The monoisotopic (exact) mass is 601 g/mol. The van der Waals surface area contributed by atoms with Gasteiger partial charge in [0.05, 0.1) is 0 Å². The molecule has 0 atom stereocenters. The largest absolute Gasteiger partial charge is 0.456 e. The Morgan fingerprint density at radius 1 is 0.319 bits per heavy atom. The van der Waals surface area contributed by atoms with Gasteiger partial charge in [-0.2, -0.15) is 0 Å². The first-order valence-electron chi connectivity index (χ1n) is 15.9. The van der Waals surface area contributed by atoms with E-state index < -0.39 is 0 Å². The summed E-state index contributed by atoms with van der Waals surface area (Å²) in [7, 11) is 0. The normalized spacial score (nSPS) is 11.8. The Morgan fingerprint density at radius 3 is 1.64 bits per heavy atom. The van der Waals surface area contributed by atoms with Crippen molar-refractivity contribution in [3.05, 3.63) is 164 Å². The fourth-order valence-electron chi connectivity index (χ4n) is 7.24. The van der Waals surface area contributed by atoms with Gasteiger partial charge >= 0.3 is 0 Å². The second kappa shape index (κ2) is 10.1. The van der Waals surface area contributed by atoms with E-state index in [9.17, 15) is 0 Å². The minimum Gasteiger partial charge on any atom is -0.456 e. The van der Waals surface area contributed by atoms with Crippen molar-refractivity contribution in [1.29, 1.82) is 0 Å². The van der Waals surface area contributed by atoms with Crippen LogP contribution in [0.3, 0.4) is 0 Å². The summed E-state index contributed by atoms with van der Waals surface area (Å²) in [5, 5.41) is 9.47. The Hall–Kier alpha value is -6.32. The Balaban J connectivity index is 1.16. The van der Waals surface area contributed by atoms with Gasteiger partial charge in [0.2, 0.25) is 0 Å². The van der Waals surface area contributed by atoms with Crippen LogP contribution < -0.4 is 4.90 Å². The van der Waals surface area contributed by atoms with Crippen molar-refractivity contribution in [3.63, 3.8) is 0 Å². The minimum atomic E-state index is 0.864. The number of fused-ring (bicyclic) bond motifs is 9. The van der Waals surface area contributed by atoms with E-state index >= 15 is 0 Å². The Kier molecular flexibility index (Phi) is 5.57. The molecular formula is C44H27NO2. The Morgan fingerprint density at radius 2 is 0.851 bits per heavy atom. The maximum Gasteiger partial charge on any atom is 0.137 e. The van der Waals surface area contributed by atoms with Crippen molar-refractivity contribution in [3.8, 4) is 11.1 Å². The van der Waals surface area contributed by atoms with Gasteiger partial charge in [-0.15, -0.1) is 0 Å². The van der Waals surface area contributed by atoms with E-state index in [1.807, 2.05) is 24.3 Å². The highest BCUT2D eigenvalue weighted by Gasteiger charge is 2.18. The van der Waals surface area contributed by atoms with Crippen LogP contribution in [0.5, 0.6) is 0 Å². The van der Waals surface area contributed by atoms with E-state index in [1.54, 1.807) is 0 Å². The molecule has 2 heterocycles. The van der Waals surface area contributed by atoms with Gasteiger partial charge in [0.15, 0.2) is 0 Å². The van der Waals surface area contributed by atoms with E-state index in [0.717, 1.165) is 60.9 Å². The van der Waals surface area contributed by atoms with Crippen molar-refractivity contribution in [1.82, 2.24) is 0 Å². The molecule has 0 N–H and O–H groups in total. The molecule has 3 nitrogen and oxygen atoms in total. The fraction of sp³-hybridized carbons (Fsp3) is 0. The van der Waals surface area contributed by atoms with Crippen LogP contribution in [0, 0.1) is 0 Å². The molecule has 10 rings (SSSR count). The zero-order valence-corrected chi connectivity index (χ0v) is 25.4. The second-order valence-electron chi connectivity index (χ2n) is 12.1. The highest BCUT2D eigenvalue weighted by molar-refractivity contribution is 6.14. The van der Waals surface area contributed by atoms with E-state index in [1.165, 1.54) is 32.7 Å². The van der Waals surface area contributed by atoms with Gasteiger partial charge in [-0.25, -0.2) is 0 Å². The molecule has 0 spiro atoms. The smallest absolute Gasteiger partial charge is 0.137 e. The van der Waals surface area contributed by atoms with Crippen LogP contribution in [0.1, 0.15) is 0 Å². The van der Waals surface area contributed by atoms with Crippen LogP contribution in [0.25, 0.3) is 76.5 Å². The molecule has 0 aliphatic carbocycles. The summed E-state index contributed by atoms with van der Waals surface area (Å²) >= 11 is 0. The van der Waals surface area contributed by atoms with Gasteiger partial charge in [0.25, 0.3) is 0 Å². The SMILES string of the molecule is c1ccc2c(c1)cc(-c1ccc(N(c3ccc4c(c3)oc3ccccc34)c3ccc4oc5ccccc5c4c3)cc1)c1ccccc12. The van der Waals surface area contributed by atoms with Crippen LogP contribution in [0.4, 0.5) is 17.1 Å². The van der Waals surface area contributed by atoms with Crippen molar-refractivity contribution in [2.45, 2.75) is 0 Å². The number of benzene rings is 8. The number of para-hydroxylation sites is 2. The zero-order valence-electron chi connectivity index (χ0n) is 25.4. The summed E-state index contributed by atoms with van der Waals surface area (Å²) in [5.74, 6) is 0. The van der Waals surface area contributed by atoms with E-state index in [0.29, 0.717) is 0 Å². The lowest BCUT2D eigenvalue weighted by atomic mass is 9.93. The topological polar surface area (TPSA) is 29.5 Å². The molecule has 0 aliphatic rings. The predicted molar refractivity (Wildman–Crippen MR) is 196 cm³/mol. The fourth-order valence-corrected chi connectivity index (χ4v) is 7.24. The lowest BCUT2D eigenvalue weighted by molar-refractivity contribution is 0.668. The van der Waals surface area contributed by atoms with Crippen LogP contribution in [0.2, 0.25) is 0 Å². The van der Waals surface area contributed by atoms with Gasteiger partial charge in [-0.3, -0.25) is 0 Å². The highest BCUT2D eigenvalue weighted by Crippen LogP contribution is 2.42. The molecule has 0 radical (unpaired) electrons. The van der Waals surface area contributed by atoms with Gasteiger partial charge in [0.1, 0.15) is 22.3 Å². The lowest BCUT2D eigenvalue weighted by Crippen LogP contribution is -2.09. The number of anilines is 3. The molecule has 0 unspecified atom stereocenters. The maximum atomic E-state index is 6.34. The summed E-state index contributed by atoms with van der Waals surface area (Å²) in [4.78, 5) is 2.30. The number of nitrogens with zero attached hydrogens (tertiary/aromatic N) is 1. The summed E-state index contributed by atoms with van der Waals surface area (Å²) in [5.41, 5.74) is 9.06. The second-order valence-corrected chi connectivity index (χ2v) is 12.1. The Labute approximate surface area is 270 Å². The van der Waals surface area contributed by atoms with Crippen molar-refractivity contribution >= 4 is 82.5 Å². The predicted octanol–water partition coefficient (Wildman–Crippen LogP) is 12.9. The van der Waals surface area contributed by atoms with Crippen LogP contribution >= 0.6 is 0 Å². The van der Waals surface area contributed by atoms with Crippen LogP contribution in [-0.2, 0) is 0 Å². The molecule has 220 valence electrons. The van der Waals surface area contributed by atoms with Crippen LogP contribution in [-0.4, -0.2) is 0 Å². The first-order valence-corrected chi connectivity index (χ1v) is 15.9. The quantitative estimate of drug-likeness (QED) is 0.188. The van der Waals surface area contributed by atoms with E-state index in [4.69, 9.17) is 8.83 Å². The van der Waals surface area contributed by atoms with E-state index in [2.05, 4.69) is 144 Å². The number of hydrogen-bond acceptors (Lipinski definition) is 3. The third kappa shape index (κ3) is 4.07. The third-order valence-corrected chi connectivity index (χ3v) is 9.44. The molecule has 0 saturated carbocycles. The molecule has 0 amide bonds. The molecule has 0 saturated heterocycles. The summed E-state index contributed by atoms with van der Waals surface area (Å²) in [6.45, 7) is 0. The first kappa shape index (κ1) is 26.0. The molecule has 3 heteroatoms. The molecular weight excluding hydrogens is 574 g/mol. The van der Waals surface area contributed by atoms with Gasteiger partial charge in [-0.1, -0.05) is 97.1 Å². The summed E-state index contributed by atoms with van der Waals surface area (Å²) in [6, 6.07) is 58.0. The lowest BCUT2D eigenvalue weighted by Gasteiger charge is -2.26. The average Bonchev–Trinajstić information content (AvgIpc) is 3.69. The number of rotatable bonds is 4. The molecule has 47 heavy (non-hydrogen) atoms. The van der Waals surface area contributed by atoms with Gasteiger partial charge in [-0.05, 0) is 93.3 Å². The summed E-state index contributed by atoms with van der Waals surface area (Å²) < 4.78 is 12.5. The first-order chi connectivity index (χ1) is 23.3. The van der Waals surface area contributed by atoms with Crippen LogP contribution in [0.15, 0.2) is 173 Å². The Bertz CT molecular complexity index is 2800. The highest BCUT2D eigenvalue weighted by atomic mass is 16.3. The van der Waals surface area contributed by atoms with Gasteiger partial charge in [0, 0.05) is 44.7 Å². The maximum absolute atomic E-state index is 6.34. The zero-order chi connectivity index (χ0) is 30.9. The number of furan rings is 2. The molecule has 8 aromatic carbocycles. The summed E-state index contributed by atoms with van der Waals surface area (Å²) in [6.07, 6.45) is 0. The van der Waals surface area contributed by atoms with Crippen molar-refractivity contribution in [2.75, 3.05) is 4.90 Å². The third-order valence-electron chi connectivity index (χ3n) is 9.44. The van der Waals surface area contributed by atoms with Crippen molar-refractivity contribution < 1.29 is 8.83 Å². The van der Waals surface area contributed by atoms with E-state index in [-0.39, 0.29) is 0 Å². The number of hydrogen-bond donors (Lipinski definition) is 0. The minimum absolute atomic E-state index is 0.864. The molecule has 0 bridgehead atoms.